The molecule has 2 atom stereocenters. The molecule has 0 saturated carbocycles. The second-order valence-corrected chi connectivity index (χ2v) is 8.50. The highest BCUT2D eigenvalue weighted by molar-refractivity contribution is 6.00. The summed E-state index contributed by atoms with van der Waals surface area (Å²) in [5.41, 5.74) is 1.98. The quantitative estimate of drug-likeness (QED) is 0.846. The molecular weight excluding hydrogens is 354 g/mol. The predicted molar refractivity (Wildman–Crippen MR) is 109 cm³/mol. The van der Waals surface area contributed by atoms with Crippen LogP contribution in [0.15, 0.2) is 24.3 Å². The molecule has 2 aliphatic rings. The number of aryl methyl sites for hydroxylation is 1. The molecule has 6 heteroatoms. The number of nitrogens with one attached hydrogen (secondary N) is 1. The fourth-order valence-electron chi connectivity index (χ4n) is 3.95. The number of anilines is 1. The van der Waals surface area contributed by atoms with Gasteiger partial charge in [-0.25, -0.2) is 0 Å². The van der Waals surface area contributed by atoms with E-state index in [2.05, 4.69) is 19.2 Å². The van der Waals surface area contributed by atoms with E-state index in [4.69, 9.17) is 0 Å². The predicted octanol–water partition coefficient (Wildman–Crippen LogP) is 2.36. The van der Waals surface area contributed by atoms with Crippen molar-refractivity contribution in [2.75, 3.05) is 31.1 Å². The van der Waals surface area contributed by atoms with Crippen LogP contribution in [0.25, 0.3) is 0 Å². The first kappa shape index (κ1) is 20.4. The van der Waals surface area contributed by atoms with Gasteiger partial charge in [-0.15, -0.1) is 0 Å². The van der Waals surface area contributed by atoms with Crippen LogP contribution in [-0.2, 0) is 14.4 Å². The fraction of sp³-hybridized carbons (Fsp3) is 0.591. The molecule has 0 radical (unpaired) electrons. The zero-order valence-electron chi connectivity index (χ0n) is 17.1. The molecule has 1 N–H and O–H groups in total. The molecule has 2 fully saturated rings. The summed E-state index contributed by atoms with van der Waals surface area (Å²) >= 11 is 0. The summed E-state index contributed by atoms with van der Waals surface area (Å²) in [6, 6.07) is 7.80. The van der Waals surface area contributed by atoms with Crippen LogP contribution in [0, 0.1) is 24.7 Å². The molecule has 0 bridgehead atoms. The maximum absolute atomic E-state index is 13.0. The van der Waals surface area contributed by atoms with Crippen molar-refractivity contribution in [3.63, 3.8) is 0 Å². The molecule has 28 heavy (non-hydrogen) atoms. The van der Waals surface area contributed by atoms with Gasteiger partial charge in [-0.3, -0.25) is 14.4 Å². The van der Waals surface area contributed by atoms with Gasteiger partial charge in [0.2, 0.25) is 17.7 Å². The Labute approximate surface area is 167 Å². The van der Waals surface area contributed by atoms with Crippen LogP contribution in [0.1, 0.15) is 38.7 Å². The summed E-state index contributed by atoms with van der Waals surface area (Å²) in [6.07, 6.45) is 1.88. The van der Waals surface area contributed by atoms with E-state index in [0.29, 0.717) is 32.1 Å². The number of nitrogens with zero attached hydrogens (tertiary/aromatic N) is 2. The zero-order valence-corrected chi connectivity index (χ0v) is 17.1. The first-order chi connectivity index (χ1) is 13.3. The van der Waals surface area contributed by atoms with E-state index >= 15 is 0 Å². The number of hydrogen-bond acceptors (Lipinski definition) is 3. The molecule has 1 aromatic carbocycles. The Balaban J connectivity index is 1.59. The highest BCUT2D eigenvalue weighted by Gasteiger charge is 2.39. The molecule has 0 aromatic heterocycles. The van der Waals surface area contributed by atoms with Gasteiger partial charge in [0.25, 0.3) is 0 Å². The van der Waals surface area contributed by atoms with Crippen molar-refractivity contribution in [2.24, 2.45) is 17.8 Å². The van der Waals surface area contributed by atoms with Crippen molar-refractivity contribution in [1.29, 1.82) is 0 Å². The van der Waals surface area contributed by atoms with Crippen molar-refractivity contribution in [1.82, 2.24) is 10.2 Å². The number of benzene rings is 1. The standard InChI is InChI=1S/C22H31N3O3/c1-15(2)12-23-21(27)17-5-4-10-24(13-17)22(28)18-11-20(26)25(14-18)19-8-6-16(3)7-9-19/h6-9,15,17-18H,4-5,10-14H2,1-3H3,(H,23,27)/t17-,18+/m0/s1. The Hall–Kier alpha value is -2.37. The Morgan fingerprint density at radius 2 is 1.86 bits per heavy atom. The average Bonchev–Trinajstić information content (AvgIpc) is 3.07. The van der Waals surface area contributed by atoms with Crippen LogP contribution in [0.2, 0.25) is 0 Å². The molecule has 2 heterocycles. The molecule has 6 nitrogen and oxygen atoms in total. The summed E-state index contributed by atoms with van der Waals surface area (Å²) in [4.78, 5) is 41.4. The number of likely N-dealkylation sites (tertiary alicyclic amines) is 1. The van der Waals surface area contributed by atoms with Gasteiger partial charge in [0, 0.05) is 38.3 Å². The van der Waals surface area contributed by atoms with E-state index in [9.17, 15) is 14.4 Å². The molecule has 0 aliphatic carbocycles. The number of hydrogen-bond donors (Lipinski definition) is 1. The number of carbonyl (C=O) groups excluding carboxylic acids is 3. The van der Waals surface area contributed by atoms with Gasteiger partial charge in [-0.05, 0) is 37.8 Å². The third-order valence-corrected chi connectivity index (χ3v) is 5.61. The van der Waals surface area contributed by atoms with Crippen molar-refractivity contribution >= 4 is 23.4 Å². The monoisotopic (exact) mass is 385 g/mol. The first-order valence-electron chi connectivity index (χ1n) is 10.3. The van der Waals surface area contributed by atoms with Crippen molar-refractivity contribution < 1.29 is 14.4 Å². The number of carbonyl (C=O) groups is 3. The van der Waals surface area contributed by atoms with E-state index in [0.717, 1.165) is 24.1 Å². The molecule has 0 unspecified atom stereocenters. The Morgan fingerprint density at radius 1 is 1.14 bits per heavy atom. The molecule has 3 rings (SSSR count). The van der Waals surface area contributed by atoms with E-state index in [1.54, 1.807) is 9.80 Å². The SMILES string of the molecule is Cc1ccc(N2C[C@H](C(=O)N3CCC[C@H](C(=O)NCC(C)C)C3)CC2=O)cc1. The lowest BCUT2D eigenvalue weighted by Gasteiger charge is -2.33. The van der Waals surface area contributed by atoms with Gasteiger partial charge in [0.1, 0.15) is 0 Å². The normalized spacial score (nSPS) is 22.6. The lowest BCUT2D eigenvalue weighted by molar-refractivity contribution is -0.139. The van der Waals surface area contributed by atoms with Crippen LogP contribution in [0.4, 0.5) is 5.69 Å². The largest absolute Gasteiger partial charge is 0.356 e. The minimum absolute atomic E-state index is 0.00400. The fourth-order valence-corrected chi connectivity index (χ4v) is 3.95. The summed E-state index contributed by atoms with van der Waals surface area (Å²) in [5.74, 6) is -0.0414. The minimum atomic E-state index is -0.328. The van der Waals surface area contributed by atoms with Crippen molar-refractivity contribution in [3.05, 3.63) is 29.8 Å². The van der Waals surface area contributed by atoms with Crippen LogP contribution < -0.4 is 10.2 Å². The smallest absolute Gasteiger partial charge is 0.228 e. The summed E-state index contributed by atoms with van der Waals surface area (Å²) in [7, 11) is 0. The van der Waals surface area contributed by atoms with Crippen LogP contribution in [-0.4, -0.2) is 48.8 Å². The summed E-state index contributed by atoms with van der Waals surface area (Å²) in [5, 5.41) is 2.98. The van der Waals surface area contributed by atoms with E-state index in [-0.39, 0.29) is 36.0 Å². The Morgan fingerprint density at radius 3 is 2.54 bits per heavy atom. The van der Waals surface area contributed by atoms with Crippen LogP contribution >= 0.6 is 0 Å². The third-order valence-electron chi connectivity index (χ3n) is 5.61. The Bertz CT molecular complexity index is 729. The lowest BCUT2D eigenvalue weighted by Crippen LogP contribution is -2.48. The molecule has 3 amide bonds. The maximum Gasteiger partial charge on any atom is 0.228 e. The highest BCUT2D eigenvalue weighted by Crippen LogP contribution is 2.28. The molecular formula is C22H31N3O3. The van der Waals surface area contributed by atoms with Gasteiger partial charge in [0.05, 0.1) is 11.8 Å². The highest BCUT2D eigenvalue weighted by atomic mass is 16.2. The second-order valence-electron chi connectivity index (χ2n) is 8.50. The number of piperidine rings is 1. The number of rotatable bonds is 5. The van der Waals surface area contributed by atoms with Crippen LogP contribution in [0.3, 0.4) is 0 Å². The zero-order chi connectivity index (χ0) is 20.3. The van der Waals surface area contributed by atoms with Gasteiger partial charge in [-0.1, -0.05) is 31.5 Å². The van der Waals surface area contributed by atoms with Gasteiger partial charge >= 0.3 is 0 Å². The van der Waals surface area contributed by atoms with Gasteiger partial charge < -0.3 is 15.1 Å². The lowest BCUT2D eigenvalue weighted by atomic mass is 9.95. The third kappa shape index (κ3) is 4.72. The first-order valence-corrected chi connectivity index (χ1v) is 10.3. The van der Waals surface area contributed by atoms with Crippen LogP contribution in [0.5, 0.6) is 0 Å². The molecule has 0 spiro atoms. The van der Waals surface area contributed by atoms with Gasteiger partial charge in [-0.2, -0.15) is 0 Å². The molecule has 1 aromatic rings. The number of amides is 3. The summed E-state index contributed by atoms with van der Waals surface area (Å²) in [6.45, 7) is 8.33. The van der Waals surface area contributed by atoms with Gasteiger partial charge in [0.15, 0.2) is 0 Å². The van der Waals surface area contributed by atoms with E-state index < -0.39 is 0 Å². The van der Waals surface area contributed by atoms with Crippen molar-refractivity contribution in [2.45, 2.75) is 40.0 Å². The maximum atomic E-state index is 13.0. The van der Waals surface area contributed by atoms with E-state index in [1.807, 2.05) is 31.2 Å². The second kappa shape index (κ2) is 8.76. The van der Waals surface area contributed by atoms with E-state index in [1.165, 1.54) is 0 Å². The summed E-state index contributed by atoms with van der Waals surface area (Å²) < 4.78 is 0. The Kier molecular flexibility index (Phi) is 6.37. The molecule has 152 valence electrons. The molecule has 2 saturated heterocycles. The topological polar surface area (TPSA) is 69.7 Å². The minimum Gasteiger partial charge on any atom is -0.356 e. The average molecular weight is 386 g/mol. The molecule has 2 aliphatic heterocycles. The van der Waals surface area contributed by atoms with Crippen molar-refractivity contribution in [3.8, 4) is 0 Å².